The van der Waals surface area contributed by atoms with Crippen LogP contribution in [-0.2, 0) is 4.79 Å². The van der Waals surface area contributed by atoms with E-state index < -0.39 is 12.1 Å². The molecule has 7 heavy (non-hydrogen) atoms. The third-order valence-electron chi connectivity index (χ3n) is 0.450. The minimum atomic E-state index is -1.17. The average molecular weight is 102 g/mol. The lowest BCUT2D eigenvalue weighted by atomic mass is 10.6. The van der Waals surface area contributed by atoms with Crippen molar-refractivity contribution in [1.82, 2.24) is 0 Å². The minimum absolute atomic E-state index is 1.16. The van der Waals surface area contributed by atoms with Crippen molar-refractivity contribution in [2.75, 3.05) is 0 Å². The zero-order chi connectivity index (χ0) is 5.86. The number of aliphatic imine (C=N–C) groups is 1. The van der Waals surface area contributed by atoms with Gasteiger partial charge in [-0.15, -0.1) is 0 Å². The molecule has 0 radical (unpaired) electrons. The van der Waals surface area contributed by atoms with Gasteiger partial charge < -0.3 is 10.8 Å². The number of carboxylic acid groups (broad SMARTS) is 1. The molecular weight excluding hydrogens is 96.0 g/mol. The fourth-order valence-electron chi connectivity index (χ4n) is 0.0781. The molecule has 0 aromatic heterocycles. The molecule has 0 saturated heterocycles. The van der Waals surface area contributed by atoms with E-state index in [0.29, 0.717) is 0 Å². The van der Waals surface area contributed by atoms with E-state index in [4.69, 9.17) is 10.8 Å². The summed E-state index contributed by atoms with van der Waals surface area (Å²) < 4.78 is 0. The molecule has 0 aromatic carbocycles. The summed E-state index contributed by atoms with van der Waals surface area (Å²) in [5.41, 5.74) is 4.79. The summed E-state index contributed by atoms with van der Waals surface area (Å²) in [6.45, 7) is 2.93. The lowest BCUT2D eigenvalue weighted by Crippen LogP contribution is -2.26. The van der Waals surface area contributed by atoms with Crippen molar-refractivity contribution in [3.63, 3.8) is 0 Å². The van der Waals surface area contributed by atoms with E-state index in [0.717, 1.165) is 0 Å². The van der Waals surface area contributed by atoms with Gasteiger partial charge in [-0.25, -0.2) is 4.79 Å². The van der Waals surface area contributed by atoms with Crippen molar-refractivity contribution in [1.29, 1.82) is 0 Å². The molecule has 0 amide bonds. The van der Waals surface area contributed by atoms with Gasteiger partial charge in [-0.3, -0.25) is 4.99 Å². The highest BCUT2D eigenvalue weighted by Crippen LogP contribution is 1.73. The number of nitrogens with zero attached hydrogens (tertiary/aromatic N) is 1. The van der Waals surface area contributed by atoms with Crippen LogP contribution in [0.2, 0.25) is 0 Å². The van der Waals surface area contributed by atoms with Gasteiger partial charge in [0.25, 0.3) is 0 Å². The number of carbonyl (C=O) groups is 1. The van der Waals surface area contributed by atoms with E-state index in [1.807, 2.05) is 0 Å². The van der Waals surface area contributed by atoms with Gasteiger partial charge in [0, 0.05) is 0 Å². The molecule has 3 N–H and O–H groups in total. The predicted octanol–water partition coefficient (Wildman–Crippen LogP) is -0.944. The summed E-state index contributed by atoms with van der Waals surface area (Å²) in [7, 11) is 0. The van der Waals surface area contributed by atoms with Gasteiger partial charge in [0.15, 0.2) is 6.17 Å². The van der Waals surface area contributed by atoms with E-state index in [-0.39, 0.29) is 0 Å². The van der Waals surface area contributed by atoms with Crippen LogP contribution in [0.5, 0.6) is 0 Å². The zero-order valence-electron chi connectivity index (χ0n) is 3.66. The molecule has 0 aliphatic carbocycles. The molecule has 0 rings (SSSR count). The Morgan fingerprint density at radius 2 is 2.43 bits per heavy atom. The zero-order valence-corrected chi connectivity index (χ0v) is 3.66. The van der Waals surface area contributed by atoms with Gasteiger partial charge >= 0.3 is 5.97 Å². The van der Waals surface area contributed by atoms with Gasteiger partial charge in [0.1, 0.15) is 0 Å². The molecule has 0 aliphatic heterocycles. The molecule has 0 saturated carbocycles. The van der Waals surface area contributed by atoms with Crippen LogP contribution in [0, 0.1) is 0 Å². The third-order valence-corrected chi connectivity index (χ3v) is 0.450. The second-order valence-corrected chi connectivity index (χ2v) is 0.966. The van der Waals surface area contributed by atoms with Crippen LogP contribution < -0.4 is 5.73 Å². The standard InChI is InChI=1S/C3H6N2O2/c1-5-2(4)3(6)7/h2H,1,4H2,(H,6,7). The number of aliphatic carboxylic acids is 1. The summed E-state index contributed by atoms with van der Waals surface area (Å²) in [6.07, 6.45) is -1.17. The number of nitrogens with two attached hydrogens (primary N) is 1. The Morgan fingerprint density at radius 1 is 2.00 bits per heavy atom. The number of hydrogen-bond acceptors (Lipinski definition) is 3. The van der Waals surface area contributed by atoms with Gasteiger partial charge in [-0.1, -0.05) is 0 Å². The lowest BCUT2D eigenvalue weighted by molar-refractivity contribution is -0.138. The van der Waals surface area contributed by atoms with Gasteiger partial charge in [0.2, 0.25) is 0 Å². The Bertz CT molecular complexity index is 90.9. The second kappa shape index (κ2) is 2.30. The van der Waals surface area contributed by atoms with Gasteiger partial charge in [-0.05, 0) is 6.72 Å². The predicted molar refractivity (Wildman–Crippen MR) is 25.2 cm³/mol. The molecule has 0 heterocycles. The van der Waals surface area contributed by atoms with E-state index in [1.165, 1.54) is 0 Å². The van der Waals surface area contributed by atoms with Crippen molar-refractivity contribution in [2.24, 2.45) is 10.7 Å². The Hall–Kier alpha value is -0.900. The molecule has 0 aromatic rings. The van der Waals surface area contributed by atoms with Crippen molar-refractivity contribution in [2.45, 2.75) is 6.17 Å². The smallest absolute Gasteiger partial charge is 0.343 e. The molecule has 1 unspecified atom stereocenters. The van der Waals surface area contributed by atoms with Crippen molar-refractivity contribution in [3.8, 4) is 0 Å². The molecule has 1 atom stereocenters. The quantitative estimate of drug-likeness (QED) is 0.441. The molecule has 0 fully saturated rings. The fourth-order valence-corrected chi connectivity index (χ4v) is 0.0781. The van der Waals surface area contributed by atoms with E-state index in [2.05, 4.69) is 11.7 Å². The third kappa shape index (κ3) is 1.88. The van der Waals surface area contributed by atoms with Crippen LogP contribution in [0.15, 0.2) is 4.99 Å². The summed E-state index contributed by atoms with van der Waals surface area (Å²) in [5.74, 6) is -1.16. The number of rotatable bonds is 2. The van der Waals surface area contributed by atoms with Gasteiger partial charge in [0.05, 0.1) is 0 Å². The van der Waals surface area contributed by atoms with Crippen molar-refractivity contribution in [3.05, 3.63) is 0 Å². The first-order valence-electron chi connectivity index (χ1n) is 1.62. The minimum Gasteiger partial charge on any atom is -0.479 e. The van der Waals surface area contributed by atoms with Crippen LogP contribution in [0.25, 0.3) is 0 Å². The van der Waals surface area contributed by atoms with Crippen molar-refractivity contribution >= 4 is 12.7 Å². The Labute approximate surface area is 40.7 Å². The van der Waals surface area contributed by atoms with Gasteiger partial charge in [-0.2, -0.15) is 0 Å². The van der Waals surface area contributed by atoms with Crippen molar-refractivity contribution < 1.29 is 9.90 Å². The summed E-state index contributed by atoms with van der Waals surface area (Å²) >= 11 is 0. The van der Waals surface area contributed by atoms with Crippen LogP contribution in [-0.4, -0.2) is 24.0 Å². The maximum Gasteiger partial charge on any atom is 0.343 e. The maximum atomic E-state index is 9.67. The first-order chi connectivity index (χ1) is 3.18. The highest BCUT2D eigenvalue weighted by Gasteiger charge is 2.04. The van der Waals surface area contributed by atoms with E-state index >= 15 is 0 Å². The molecule has 4 nitrogen and oxygen atoms in total. The SMILES string of the molecule is C=NC(N)C(=O)O. The summed E-state index contributed by atoms with van der Waals surface area (Å²) in [6, 6.07) is 0. The highest BCUT2D eigenvalue weighted by molar-refractivity contribution is 5.73. The molecule has 0 spiro atoms. The number of carboxylic acids is 1. The summed E-state index contributed by atoms with van der Waals surface area (Å²) in [5, 5.41) is 7.92. The average Bonchev–Trinajstić information content (AvgIpc) is 1.65. The van der Waals surface area contributed by atoms with E-state index in [9.17, 15) is 4.79 Å². The molecular formula is C3H6N2O2. The monoisotopic (exact) mass is 102 g/mol. The Morgan fingerprint density at radius 3 is 2.43 bits per heavy atom. The molecule has 40 valence electrons. The highest BCUT2D eigenvalue weighted by atomic mass is 16.4. The topological polar surface area (TPSA) is 75.7 Å². The maximum absolute atomic E-state index is 9.67. The Balaban J connectivity index is 3.55. The normalized spacial score (nSPS) is 12.7. The molecule has 4 heteroatoms. The fraction of sp³-hybridized carbons (Fsp3) is 0.333. The van der Waals surface area contributed by atoms with E-state index in [1.54, 1.807) is 0 Å². The summed E-state index contributed by atoms with van der Waals surface area (Å²) in [4.78, 5) is 12.7. The van der Waals surface area contributed by atoms with Crippen LogP contribution >= 0.6 is 0 Å². The molecule has 0 aliphatic rings. The lowest BCUT2D eigenvalue weighted by Gasteiger charge is -1.92. The molecule has 0 bridgehead atoms. The number of hydrogen-bond donors (Lipinski definition) is 2. The first kappa shape index (κ1) is 6.10. The second-order valence-electron chi connectivity index (χ2n) is 0.966. The van der Waals surface area contributed by atoms with Crippen LogP contribution in [0.3, 0.4) is 0 Å². The largest absolute Gasteiger partial charge is 0.479 e. The Kier molecular flexibility index (Phi) is 2.01. The van der Waals surface area contributed by atoms with Crippen LogP contribution in [0.1, 0.15) is 0 Å². The van der Waals surface area contributed by atoms with Crippen LogP contribution in [0.4, 0.5) is 0 Å². The first-order valence-corrected chi connectivity index (χ1v) is 1.62.